The molecule has 1 aromatic rings. The van der Waals surface area contributed by atoms with Crippen LogP contribution in [-0.2, 0) is 0 Å². The molecule has 1 unspecified atom stereocenters. The summed E-state index contributed by atoms with van der Waals surface area (Å²) in [4.78, 5) is 8.97. The van der Waals surface area contributed by atoms with E-state index in [4.69, 9.17) is 0 Å². The van der Waals surface area contributed by atoms with Gasteiger partial charge in [-0.25, -0.2) is 0 Å². The molecule has 1 aromatic heterocycles. The first-order valence-electron chi connectivity index (χ1n) is 7.81. The molecule has 0 saturated heterocycles. The Morgan fingerprint density at radius 3 is 2.63 bits per heavy atom. The minimum absolute atomic E-state index is 0.385. The van der Waals surface area contributed by atoms with Crippen molar-refractivity contribution < 1.29 is 0 Å². The van der Waals surface area contributed by atoms with Gasteiger partial charge in [-0.1, -0.05) is 39.0 Å². The lowest BCUT2D eigenvalue weighted by molar-refractivity contribution is 0.297. The Labute approximate surface area is 117 Å². The van der Waals surface area contributed by atoms with E-state index < -0.39 is 0 Å². The lowest BCUT2D eigenvalue weighted by Gasteiger charge is -2.27. The minimum atomic E-state index is 0.385. The maximum atomic E-state index is 4.57. The third kappa shape index (κ3) is 4.57. The van der Waals surface area contributed by atoms with Crippen molar-refractivity contribution in [2.45, 2.75) is 64.8 Å². The summed E-state index contributed by atoms with van der Waals surface area (Å²) in [6.07, 6.45) is 13.2. The van der Waals surface area contributed by atoms with Gasteiger partial charge in [-0.15, -0.1) is 0 Å². The highest BCUT2D eigenvalue weighted by molar-refractivity contribution is 5.06. The summed E-state index contributed by atoms with van der Waals surface area (Å²) in [6.45, 7) is 5.27. The summed E-state index contributed by atoms with van der Waals surface area (Å²) in [5, 5.41) is 3.65. The molecule has 1 atom stereocenters. The summed E-state index contributed by atoms with van der Waals surface area (Å²) < 4.78 is 0. The number of hydrogen-bond donors (Lipinski definition) is 1. The first kappa shape index (κ1) is 14.4. The summed E-state index contributed by atoms with van der Waals surface area (Å²) >= 11 is 0. The molecule has 0 spiro atoms. The monoisotopic (exact) mass is 261 g/mol. The Morgan fingerprint density at radius 1 is 1.21 bits per heavy atom. The Bertz CT molecular complexity index is 355. The second-order valence-electron chi connectivity index (χ2n) is 5.83. The van der Waals surface area contributed by atoms with Crippen molar-refractivity contribution in [2.24, 2.45) is 5.92 Å². The molecule has 1 fully saturated rings. The number of hydrogen-bond acceptors (Lipinski definition) is 3. The van der Waals surface area contributed by atoms with E-state index in [-0.39, 0.29) is 0 Å². The molecule has 19 heavy (non-hydrogen) atoms. The largest absolute Gasteiger partial charge is 0.309 e. The van der Waals surface area contributed by atoms with Crippen LogP contribution in [0.2, 0.25) is 0 Å². The Kier molecular flexibility index (Phi) is 5.77. The van der Waals surface area contributed by atoms with Crippen molar-refractivity contribution in [1.29, 1.82) is 0 Å². The molecule has 0 radical (unpaired) electrons. The first-order chi connectivity index (χ1) is 9.29. The van der Waals surface area contributed by atoms with Gasteiger partial charge in [-0.3, -0.25) is 9.97 Å². The highest BCUT2D eigenvalue weighted by atomic mass is 14.9. The SMILES string of the molecule is CCCNC(CC1CCCCC1)c1cnc(C)cn1. The van der Waals surface area contributed by atoms with E-state index in [0.717, 1.165) is 23.9 Å². The van der Waals surface area contributed by atoms with Crippen molar-refractivity contribution in [2.75, 3.05) is 6.54 Å². The molecule has 1 N–H and O–H groups in total. The molecule has 0 amide bonds. The van der Waals surface area contributed by atoms with Crippen molar-refractivity contribution in [3.63, 3.8) is 0 Å². The molecular formula is C16H27N3. The molecule has 1 aliphatic rings. The van der Waals surface area contributed by atoms with Crippen LogP contribution < -0.4 is 5.32 Å². The molecule has 1 heterocycles. The highest BCUT2D eigenvalue weighted by Gasteiger charge is 2.20. The molecule has 0 aromatic carbocycles. The third-order valence-corrected chi connectivity index (χ3v) is 4.09. The van der Waals surface area contributed by atoms with Gasteiger partial charge in [0.2, 0.25) is 0 Å². The van der Waals surface area contributed by atoms with Crippen molar-refractivity contribution in [3.05, 3.63) is 23.8 Å². The van der Waals surface area contributed by atoms with E-state index in [2.05, 4.69) is 22.2 Å². The predicted octanol–water partition coefficient (Wildman–Crippen LogP) is 3.80. The maximum absolute atomic E-state index is 4.57. The van der Waals surface area contributed by atoms with Gasteiger partial charge in [0.1, 0.15) is 0 Å². The van der Waals surface area contributed by atoms with Gasteiger partial charge in [0.25, 0.3) is 0 Å². The second kappa shape index (κ2) is 7.59. The van der Waals surface area contributed by atoms with Crippen LogP contribution in [0.25, 0.3) is 0 Å². The fourth-order valence-electron chi connectivity index (χ4n) is 2.97. The molecule has 1 aliphatic carbocycles. The number of aromatic nitrogens is 2. The quantitative estimate of drug-likeness (QED) is 0.846. The van der Waals surface area contributed by atoms with Gasteiger partial charge in [0.15, 0.2) is 0 Å². The summed E-state index contributed by atoms with van der Waals surface area (Å²) in [6, 6.07) is 0.385. The molecule has 3 nitrogen and oxygen atoms in total. The smallest absolute Gasteiger partial charge is 0.0756 e. The van der Waals surface area contributed by atoms with Gasteiger partial charge >= 0.3 is 0 Å². The van der Waals surface area contributed by atoms with E-state index in [1.54, 1.807) is 0 Å². The van der Waals surface area contributed by atoms with Gasteiger partial charge in [-0.05, 0) is 32.2 Å². The number of rotatable bonds is 6. The summed E-state index contributed by atoms with van der Waals surface area (Å²) in [5.41, 5.74) is 2.11. The lowest BCUT2D eigenvalue weighted by atomic mass is 9.84. The predicted molar refractivity (Wildman–Crippen MR) is 79.0 cm³/mol. The van der Waals surface area contributed by atoms with E-state index in [1.807, 2.05) is 19.3 Å². The molecule has 3 heteroatoms. The zero-order chi connectivity index (χ0) is 13.5. The molecule has 0 bridgehead atoms. The minimum Gasteiger partial charge on any atom is -0.309 e. The van der Waals surface area contributed by atoms with Gasteiger partial charge in [0.05, 0.1) is 23.6 Å². The van der Waals surface area contributed by atoms with E-state index in [0.29, 0.717) is 6.04 Å². The molecule has 0 aliphatic heterocycles. The van der Waals surface area contributed by atoms with E-state index in [1.165, 1.54) is 44.9 Å². The summed E-state index contributed by atoms with van der Waals surface area (Å²) in [7, 11) is 0. The molecular weight excluding hydrogens is 234 g/mol. The zero-order valence-corrected chi connectivity index (χ0v) is 12.4. The van der Waals surface area contributed by atoms with Crippen molar-refractivity contribution in [1.82, 2.24) is 15.3 Å². The molecule has 2 rings (SSSR count). The number of nitrogens with one attached hydrogen (secondary N) is 1. The zero-order valence-electron chi connectivity index (χ0n) is 12.4. The van der Waals surface area contributed by atoms with Crippen LogP contribution in [0.3, 0.4) is 0 Å². The average Bonchev–Trinajstić information content (AvgIpc) is 2.45. The third-order valence-electron chi connectivity index (χ3n) is 4.09. The van der Waals surface area contributed by atoms with Crippen LogP contribution in [0, 0.1) is 12.8 Å². The second-order valence-corrected chi connectivity index (χ2v) is 5.83. The number of aryl methyl sites for hydroxylation is 1. The lowest BCUT2D eigenvalue weighted by Crippen LogP contribution is -2.26. The Balaban J connectivity index is 1.99. The standard InChI is InChI=1S/C16H27N3/c1-3-9-17-15(10-14-7-5-4-6-8-14)16-12-18-13(2)11-19-16/h11-12,14-15,17H,3-10H2,1-2H3. The normalized spacial score (nSPS) is 18.4. The van der Waals surface area contributed by atoms with Crippen LogP contribution in [0.4, 0.5) is 0 Å². The van der Waals surface area contributed by atoms with Gasteiger partial charge in [-0.2, -0.15) is 0 Å². The first-order valence-corrected chi connectivity index (χ1v) is 7.81. The van der Waals surface area contributed by atoms with Crippen LogP contribution >= 0.6 is 0 Å². The topological polar surface area (TPSA) is 37.8 Å². The van der Waals surface area contributed by atoms with Crippen molar-refractivity contribution in [3.8, 4) is 0 Å². The highest BCUT2D eigenvalue weighted by Crippen LogP contribution is 2.31. The van der Waals surface area contributed by atoms with Gasteiger partial charge in [0, 0.05) is 6.20 Å². The number of nitrogens with zero attached hydrogens (tertiary/aromatic N) is 2. The fraction of sp³-hybridized carbons (Fsp3) is 0.750. The van der Waals surface area contributed by atoms with Crippen molar-refractivity contribution >= 4 is 0 Å². The van der Waals surface area contributed by atoms with Gasteiger partial charge < -0.3 is 5.32 Å². The Hall–Kier alpha value is -0.960. The van der Waals surface area contributed by atoms with Crippen LogP contribution in [0.1, 0.15) is 69.3 Å². The van der Waals surface area contributed by atoms with Crippen LogP contribution in [-0.4, -0.2) is 16.5 Å². The molecule has 1 saturated carbocycles. The van der Waals surface area contributed by atoms with Crippen LogP contribution in [0.15, 0.2) is 12.4 Å². The fourth-order valence-corrected chi connectivity index (χ4v) is 2.97. The van der Waals surface area contributed by atoms with Crippen LogP contribution in [0.5, 0.6) is 0 Å². The Morgan fingerprint density at radius 2 is 2.00 bits per heavy atom. The molecule has 106 valence electrons. The average molecular weight is 261 g/mol. The van der Waals surface area contributed by atoms with E-state index >= 15 is 0 Å². The summed E-state index contributed by atoms with van der Waals surface area (Å²) in [5.74, 6) is 0.867. The van der Waals surface area contributed by atoms with E-state index in [9.17, 15) is 0 Å². The maximum Gasteiger partial charge on any atom is 0.0756 e.